The quantitative estimate of drug-likeness (QED) is 0.597. The maximum atomic E-state index is 3.52. The lowest BCUT2D eigenvalue weighted by atomic mass is 10.1. The van der Waals surface area contributed by atoms with E-state index in [2.05, 4.69) is 45.3 Å². The van der Waals surface area contributed by atoms with Gasteiger partial charge >= 0.3 is 0 Å². The van der Waals surface area contributed by atoms with Gasteiger partial charge in [-0.25, -0.2) is 0 Å². The van der Waals surface area contributed by atoms with E-state index < -0.39 is 0 Å². The first kappa shape index (κ1) is 9.92. The number of nitrogens with one attached hydrogen (secondary N) is 1. The molecule has 10 heavy (non-hydrogen) atoms. The van der Waals surface area contributed by atoms with E-state index in [9.17, 15) is 0 Å². The summed E-state index contributed by atoms with van der Waals surface area (Å²) in [6.45, 7) is 10.9. The third-order valence-electron chi connectivity index (χ3n) is 1.14. The standard InChI is InChI=1S/C8H19NSi/c1-7(2)6-10-9-8(3,4)5/h6,9H,10H2,1-5H3. The van der Waals surface area contributed by atoms with Gasteiger partial charge in [-0.3, -0.25) is 0 Å². The summed E-state index contributed by atoms with van der Waals surface area (Å²) in [5, 5.41) is 0. The van der Waals surface area contributed by atoms with Gasteiger partial charge in [-0.15, -0.1) is 0 Å². The van der Waals surface area contributed by atoms with Gasteiger partial charge in [-0.1, -0.05) is 11.3 Å². The number of allylic oxidation sites excluding steroid dienone is 1. The highest BCUT2D eigenvalue weighted by molar-refractivity contribution is 6.39. The summed E-state index contributed by atoms with van der Waals surface area (Å²) in [7, 11) is -0.152. The number of hydrogen-bond acceptors (Lipinski definition) is 1. The maximum Gasteiger partial charge on any atom is 0.117 e. The third kappa shape index (κ3) is 7.92. The van der Waals surface area contributed by atoms with Gasteiger partial charge < -0.3 is 4.98 Å². The predicted molar refractivity (Wildman–Crippen MR) is 50.9 cm³/mol. The minimum absolute atomic E-state index is 0.152. The van der Waals surface area contributed by atoms with Crippen LogP contribution in [0.5, 0.6) is 0 Å². The molecule has 0 amide bonds. The van der Waals surface area contributed by atoms with E-state index in [1.165, 1.54) is 5.57 Å². The van der Waals surface area contributed by atoms with E-state index in [1.54, 1.807) is 0 Å². The van der Waals surface area contributed by atoms with E-state index in [1.807, 2.05) is 0 Å². The molecule has 0 atom stereocenters. The smallest absolute Gasteiger partial charge is 0.117 e. The van der Waals surface area contributed by atoms with Gasteiger partial charge in [0.25, 0.3) is 0 Å². The molecule has 0 aliphatic carbocycles. The summed E-state index contributed by atoms with van der Waals surface area (Å²) < 4.78 is 0. The minimum atomic E-state index is -0.152. The molecule has 60 valence electrons. The summed E-state index contributed by atoms with van der Waals surface area (Å²) in [6, 6.07) is 0. The lowest BCUT2D eigenvalue weighted by Crippen LogP contribution is -2.37. The summed E-state index contributed by atoms with van der Waals surface area (Å²) in [5.74, 6) is 0. The molecule has 0 radical (unpaired) electrons. The monoisotopic (exact) mass is 157 g/mol. The van der Waals surface area contributed by atoms with Crippen LogP contribution < -0.4 is 4.98 Å². The Hall–Kier alpha value is -0.0831. The van der Waals surface area contributed by atoms with Crippen LogP contribution in [-0.2, 0) is 0 Å². The molecule has 0 aromatic heterocycles. The van der Waals surface area contributed by atoms with E-state index >= 15 is 0 Å². The first-order valence-corrected chi connectivity index (χ1v) is 5.32. The van der Waals surface area contributed by atoms with Crippen LogP contribution in [0.2, 0.25) is 0 Å². The van der Waals surface area contributed by atoms with Crippen LogP contribution in [0, 0.1) is 0 Å². The van der Waals surface area contributed by atoms with Crippen LogP contribution in [-0.4, -0.2) is 15.2 Å². The Morgan fingerprint density at radius 2 is 1.80 bits per heavy atom. The predicted octanol–water partition coefficient (Wildman–Crippen LogP) is 1.38. The van der Waals surface area contributed by atoms with Crippen molar-refractivity contribution in [3.63, 3.8) is 0 Å². The van der Waals surface area contributed by atoms with E-state index in [-0.39, 0.29) is 9.68 Å². The summed E-state index contributed by atoms with van der Waals surface area (Å²) in [4.78, 5) is 3.52. The van der Waals surface area contributed by atoms with Crippen molar-refractivity contribution in [3.8, 4) is 0 Å². The van der Waals surface area contributed by atoms with Crippen molar-refractivity contribution in [3.05, 3.63) is 11.3 Å². The van der Waals surface area contributed by atoms with Crippen LogP contribution in [0.3, 0.4) is 0 Å². The zero-order valence-electron chi connectivity index (χ0n) is 7.78. The molecule has 0 spiro atoms. The molecule has 1 nitrogen and oxygen atoms in total. The largest absolute Gasteiger partial charge is 0.334 e. The van der Waals surface area contributed by atoms with Gasteiger partial charge in [0.1, 0.15) is 9.68 Å². The van der Waals surface area contributed by atoms with Crippen LogP contribution >= 0.6 is 0 Å². The highest BCUT2D eigenvalue weighted by atomic mass is 28.2. The first-order valence-electron chi connectivity index (χ1n) is 3.80. The molecule has 0 rings (SSSR count). The normalized spacial score (nSPS) is 12.5. The second-order valence-electron chi connectivity index (χ2n) is 3.91. The topological polar surface area (TPSA) is 12.0 Å². The van der Waals surface area contributed by atoms with Gasteiger partial charge in [0.05, 0.1) is 0 Å². The molecule has 1 N–H and O–H groups in total. The molecule has 0 unspecified atom stereocenters. The van der Waals surface area contributed by atoms with Gasteiger partial charge in [0, 0.05) is 5.54 Å². The van der Waals surface area contributed by atoms with Crippen LogP contribution in [0.1, 0.15) is 34.6 Å². The Labute approximate surface area is 66.8 Å². The lowest BCUT2D eigenvalue weighted by Gasteiger charge is -2.19. The molecule has 0 aromatic carbocycles. The summed E-state index contributed by atoms with van der Waals surface area (Å²) >= 11 is 0. The van der Waals surface area contributed by atoms with Crippen molar-refractivity contribution in [2.45, 2.75) is 40.2 Å². The van der Waals surface area contributed by atoms with Crippen molar-refractivity contribution in [2.75, 3.05) is 0 Å². The van der Waals surface area contributed by atoms with Crippen molar-refractivity contribution in [2.24, 2.45) is 0 Å². The highest BCUT2D eigenvalue weighted by Crippen LogP contribution is 1.96. The number of hydrogen-bond donors (Lipinski definition) is 1. The Morgan fingerprint density at radius 1 is 1.30 bits per heavy atom. The molecule has 0 bridgehead atoms. The molecule has 0 saturated heterocycles. The third-order valence-corrected chi connectivity index (χ3v) is 3.43. The fourth-order valence-corrected chi connectivity index (χ4v) is 1.68. The second-order valence-corrected chi connectivity index (χ2v) is 5.08. The molecule has 0 aliphatic heterocycles. The molecule has 0 saturated carbocycles. The Bertz CT molecular complexity index is 118. The fraction of sp³-hybridized carbons (Fsp3) is 0.750. The highest BCUT2D eigenvalue weighted by Gasteiger charge is 2.05. The van der Waals surface area contributed by atoms with Crippen molar-refractivity contribution in [1.82, 2.24) is 4.98 Å². The van der Waals surface area contributed by atoms with Crippen LogP contribution in [0.25, 0.3) is 0 Å². The fourth-order valence-electron chi connectivity index (χ4n) is 0.561. The Kier molecular flexibility index (Phi) is 3.90. The van der Waals surface area contributed by atoms with E-state index in [0.717, 1.165) is 0 Å². The zero-order valence-corrected chi connectivity index (χ0v) is 9.20. The van der Waals surface area contributed by atoms with Gasteiger partial charge in [0.2, 0.25) is 0 Å². The molecular weight excluding hydrogens is 138 g/mol. The second kappa shape index (κ2) is 3.94. The summed E-state index contributed by atoms with van der Waals surface area (Å²) in [6.07, 6.45) is 0. The first-order chi connectivity index (χ1) is 4.42. The van der Waals surface area contributed by atoms with Crippen molar-refractivity contribution in [1.29, 1.82) is 0 Å². The lowest BCUT2D eigenvalue weighted by molar-refractivity contribution is 0.525. The average molecular weight is 157 g/mol. The molecule has 2 heteroatoms. The van der Waals surface area contributed by atoms with E-state index in [4.69, 9.17) is 0 Å². The average Bonchev–Trinajstić information content (AvgIpc) is 1.59. The molecular formula is C8H19NSi. The SMILES string of the molecule is CC(C)=C[SiH2]NC(C)(C)C. The number of rotatable bonds is 2. The van der Waals surface area contributed by atoms with Gasteiger partial charge in [-0.2, -0.15) is 0 Å². The maximum absolute atomic E-state index is 3.52. The molecule has 0 aliphatic rings. The van der Waals surface area contributed by atoms with Crippen LogP contribution in [0.4, 0.5) is 0 Å². The minimum Gasteiger partial charge on any atom is -0.334 e. The molecule has 0 heterocycles. The van der Waals surface area contributed by atoms with Gasteiger partial charge in [0.15, 0.2) is 0 Å². The Morgan fingerprint density at radius 3 is 2.10 bits per heavy atom. The molecule has 0 aromatic rings. The van der Waals surface area contributed by atoms with E-state index in [0.29, 0.717) is 5.54 Å². The van der Waals surface area contributed by atoms with Crippen LogP contribution in [0.15, 0.2) is 11.3 Å². The summed E-state index contributed by atoms with van der Waals surface area (Å²) in [5.41, 5.74) is 4.08. The zero-order chi connectivity index (χ0) is 8.20. The molecule has 0 fully saturated rings. The van der Waals surface area contributed by atoms with Gasteiger partial charge in [-0.05, 0) is 34.6 Å². The van der Waals surface area contributed by atoms with Crippen molar-refractivity contribution >= 4 is 9.68 Å². The Balaban J connectivity index is 3.47. The van der Waals surface area contributed by atoms with Crippen molar-refractivity contribution < 1.29 is 0 Å².